The highest BCUT2D eigenvalue weighted by molar-refractivity contribution is 5.95. The molecule has 34 heavy (non-hydrogen) atoms. The highest BCUT2D eigenvalue weighted by Crippen LogP contribution is 2.30. The molecular weight excluding hydrogens is 424 g/mol. The van der Waals surface area contributed by atoms with E-state index in [-0.39, 0.29) is 5.91 Å². The van der Waals surface area contributed by atoms with Crippen LogP contribution in [0.5, 0.6) is 5.75 Å². The number of ether oxygens (including phenoxy) is 1. The molecule has 6 nitrogen and oxygen atoms in total. The largest absolute Gasteiger partial charge is 0.493 e. The Morgan fingerprint density at radius 2 is 1.82 bits per heavy atom. The Morgan fingerprint density at radius 1 is 0.971 bits per heavy atom. The molecule has 4 fully saturated rings. The van der Waals surface area contributed by atoms with Crippen molar-refractivity contribution in [3.63, 3.8) is 0 Å². The number of amides is 1. The minimum Gasteiger partial charge on any atom is -0.493 e. The highest BCUT2D eigenvalue weighted by Gasteiger charge is 2.27. The summed E-state index contributed by atoms with van der Waals surface area (Å²) < 4.78 is 6.36. The number of carbonyl (C=O) groups excluding carboxylic acids is 1. The number of nitrogens with one attached hydrogen (secondary N) is 1. The smallest absolute Gasteiger partial charge is 0.227 e. The number of hydrogen-bond acceptors (Lipinski definition) is 5. The molecule has 0 bridgehead atoms. The molecule has 6 heteroatoms. The van der Waals surface area contributed by atoms with E-state index < -0.39 is 0 Å². The van der Waals surface area contributed by atoms with Gasteiger partial charge in [-0.1, -0.05) is 12.8 Å². The van der Waals surface area contributed by atoms with Gasteiger partial charge in [-0.15, -0.1) is 0 Å². The Bertz CT molecular complexity index is 796. The van der Waals surface area contributed by atoms with Gasteiger partial charge in [0.25, 0.3) is 0 Å². The zero-order chi connectivity index (χ0) is 23.2. The third kappa shape index (κ3) is 6.13. The fourth-order valence-corrected chi connectivity index (χ4v) is 6.44. The lowest BCUT2D eigenvalue weighted by Gasteiger charge is -2.38. The molecule has 1 N–H and O–H groups in total. The van der Waals surface area contributed by atoms with Gasteiger partial charge >= 0.3 is 0 Å². The molecule has 1 aromatic carbocycles. The van der Waals surface area contributed by atoms with E-state index in [1.54, 1.807) is 0 Å². The fraction of sp³-hybridized carbons (Fsp3) is 0.750. The van der Waals surface area contributed by atoms with Crippen molar-refractivity contribution in [3.05, 3.63) is 23.8 Å². The summed E-state index contributed by atoms with van der Waals surface area (Å²) in [4.78, 5) is 19.6. The van der Waals surface area contributed by atoms with Gasteiger partial charge in [-0.25, -0.2) is 0 Å². The van der Waals surface area contributed by atoms with Crippen molar-refractivity contribution in [3.8, 4) is 5.75 Å². The quantitative estimate of drug-likeness (QED) is 0.555. The molecule has 0 spiro atoms. The van der Waals surface area contributed by atoms with Crippen LogP contribution in [0.3, 0.4) is 0 Å². The van der Waals surface area contributed by atoms with Gasteiger partial charge in [0.05, 0.1) is 6.61 Å². The Labute approximate surface area is 206 Å². The van der Waals surface area contributed by atoms with E-state index in [2.05, 4.69) is 33.3 Å². The van der Waals surface area contributed by atoms with Crippen LogP contribution in [0.15, 0.2) is 18.2 Å². The van der Waals surface area contributed by atoms with E-state index in [9.17, 15) is 4.79 Å². The summed E-state index contributed by atoms with van der Waals surface area (Å²) in [6, 6.07) is 7.26. The normalized spacial score (nSPS) is 25.4. The van der Waals surface area contributed by atoms with Gasteiger partial charge in [0.2, 0.25) is 5.91 Å². The molecule has 1 atom stereocenters. The summed E-state index contributed by atoms with van der Waals surface area (Å²) in [5, 5.41) is 3.52. The van der Waals surface area contributed by atoms with Crippen LogP contribution in [0, 0.1) is 5.92 Å². The number of rotatable bonds is 9. The van der Waals surface area contributed by atoms with E-state index in [4.69, 9.17) is 4.74 Å². The molecule has 0 radical (unpaired) electrons. The van der Waals surface area contributed by atoms with Gasteiger partial charge in [-0.2, -0.15) is 0 Å². The number of nitrogens with zero attached hydrogens (tertiary/aromatic N) is 3. The number of anilines is 1. The Morgan fingerprint density at radius 3 is 2.56 bits per heavy atom. The first-order valence-electron chi connectivity index (χ1n) is 14.0. The molecular formula is C28H44N4O2. The molecule has 3 aliphatic heterocycles. The minimum absolute atomic E-state index is 0.255. The first-order valence-corrected chi connectivity index (χ1v) is 14.0. The van der Waals surface area contributed by atoms with Crippen LogP contribution in [0.25, 0.3) is 0 Å². The van der Waals surface area contributed by atoms with E-state index in [0.29, 0.717) is 6.42 Å². The molecule has 3 heterocycles. The second kappa shape index (κ2) is 11.9. The van der Waals surface area contributed by atoms with Crippen LogP contribution >= 0.6 is 0 Å². The summed E-state index contributed by atoms with van der Waals surface area (Å²) >= 11 is 0. The first kappa shape index (κ1) is 24.1. The monoisotopic (exact) mass is 468 g/mol. The van der Waals surface area contributed by atoms with Crippen molar-refractivity contribution in [1.29, 1.82) is 0 Å². The Kier molecular flexibility index (Phi) is 8.41. The molecule has 1 aliphatic carbocycles. The second-order valence-electron chi connectivity index (χ2n) is 10.9. The average molecular weight is 469 g/mol. The van der Waals surface area contributed by atoms with Gasteiger partial charge in [0.15, 0.2) is 0 Å². The lowest BCUT2D eigenvalue weighted by atomic mass is 9.95. The third-order valence-corrected chi connectivity index (χ3v) is 8.48. The maximum atomic E-state index is 12.4. The van der Waals surface area contributed by atoms with Crippen molar-refractivity contribution < 1.29 is 9.53 Å². The zero-order valence-corrected chi connectivity index (χ0v) is 21.0. The standard InChI is InChI=1S/C28H44N4O2/c33-28-10-4-14-32(28)26-11-12-27(34-19-5-7-23-6-3-13-29-21-23)24(20-26)22-30-15-17-31(18-16-30)25-8-1-2-9-25/h11-12,20,23,25,29H,1-10,13-19,21-22H2. The summed E-state index contributed by atoms with van der Waals surface area (Å²) in [7, 11) is 0. The van der Waals surface area contributed by atoms with Gasteiger partial charge in [0, 0.05) is 63.0 Å². The highest BCUT2D eigenvalue weighted by atomic mass is 16.5. The average Bonchev–Trinajstić information content (AvgIpc) is 3.56. The van der Waals surface area contributed by atoms with Gasteiger partial charge in [0.1, 0.15) is 5.75 Å². The van der Waals surface area contributed by atoms with Crippen LogP contribution in [0.1, 0.15) is 69.8 Å². The number of piperazine rings is 1. The number of carbonyl (C=O) groups is 1. The van der Waals surface area contributed by atoms with Gasteiger partial charge < -0.3 is 15.0 Å². The Hall–Kier alpha value is -1.63. The van der Waals surface area contributed by atoms with Crippen molar-refractivity contribution in [1.82, 2.24) is 15.1 Å². The number of hydrogen-bond donors (Lipinski definition) is 1. The van der Waals surface area contributed by atoms with Gasteiger partial charge in [-0.3, -0.25) is 14.6 Å². The molecule has 1 amide bonds. The SMILES string of the molecule is O=C1CCCN1c1ccc(OCCCC2CCCNC2)c(CN2CCN(C3CCCC3)CC2)c1. The predicted molar refractivity (Wildman–Crippen MR) is 137 cm³/mol. The lowest BCUT2D eigenvalue weighted by molar-refractivity contribution is -0.117. The first-order chi connectivity index (χ1) is 16.8. The van der Waals surface area contributed by atoms with E-state index in [1.807, 2.05) is 4.90 Å². The van der Waals surface area contributed by atoms with Gasteiger partial charge in [-0.05, 0) is 82.2 Å². The van der Waals surface area contributed by atoms with Crippen LogP contribution < -0.4 is 15.0 Å². The van der Waals surface area contributed by atoms with E-state index >= 15 is 0 Å². The molecule has 188 valence electrons. The predicted octanol–water partition coefficient (Wildman–Crippen LogP) is 4.03. The molecule has 1 saturated carbocycles. The summed E-state index contributed by atoms with van der Waals surface area (Å²) in [5.74, 6) is 2.07. The minimum atomic E-state index is 0.255. The number of piperidine rings is 1. The van der Waals surface area contributed by atoms with Crippen LogP contribution in [-0.2, 0) is 11.3 Å². The zero-order valence-electron chi connectivity index (χ0n) is 21.0. The van der Waals surface area contributed by atoms with E-state index in [1.165, 1.54) is 70.1 Å². The molecule has 4 aliphatic rings. The molecule has 5 rings (SSSR count). The fourth-order valence-electron chi connectivity index (χ4n) is 6.44. The molecule has 3 saturated heterocycles. The third-order valence-electron chi connectivity index (χ3n) is 8.48. The molecule has 1 unspecified atom stereocenters. The molecule has 0 aromatic heterocycles. The van der Waals surface area contributed by atoms with Crippen molar-refractivity contribution in [2.75, 3.05) is 57.3 Å². The van der Waals surface area contributed by atoms with Crippen LogP contribution in [0.4, 0.5) is 5.69 Å². The van der Waals surface area contributed by atoms with Crippen molar-refractivity contribution >= 4 is 11.6 Å². The lowest BCUT2D eigenvalue weighted by Crippen LogP contribution is -2.49. The maximum absolute atomic E-state index is 12.4. The van der Waals surface area contributed by atoms with Crippen LogP contribution in [-0.4, -0.2) is 74.2 Å². The van der Waals surface area contributed by atoms with Crippen LogP contribution in [0.2, 0.25) is 0 Å². The maximum Gasteiger partial charge on any atom is 0.227 e. The summed E-state index contributed by atoms with van der Waals surface area (Å²) in [5.41, 5.74) is 2.29. The Balaban J connectivity index is 1.20. The van der Waals surface area contributed by atoms with Crippen molar-refractivity contribution in [2.45, 2.75) is 76.8 Å². The topological polar surface area (TPSA) is 48.1 Å². The molecule has 1 aromatic rings. The number of benzene rings is 1. The summed E-state index contributed by atoms with van der Waals surface area (Å²) in [6.07, 6.45) is 12.2. The van der Waals surface area contributed by atoms with Crippen molar-refractivity contribution in [2.24, 2.45) is 5.92 Å². The van der Waals surface area contributed by atoms with E-state index in [0.717, 1.165) is 75.6 Å². The summed E-state index contributed by atoms with van der Waals surface area (Å²) in [6.45, 7) is 9.48. The second-order valence-corrected chi connectivity index (χ2v) is 10.9.